The van der Waals surface area contributed by atoms with E-state index in [1.54, 1.807) is 12.3 Å². The third kappa shape index (κ3) is 5.89. The van der Waals surface area contributed by atoms with Crippen LogP contribution in [-0.2, 0) is 13.0 Å². The zero-order valence-electron chi connectivity index (χ0n) is 18.2. The highest BCUT2D eigenvalue weighted by Crippen LogP contribution is 2.18. The van der Waals surface area contributed by atoms with Gasteiger partial charge in [0.05, 0.1) is 17.1 Å². The highest BCUT2D eigenvalue weighted by atomic mass is 79.9. The van der Waals surface area contributed by atoms with E-state index in [0.29, 0.717) is 34.8 Å². The van der Waals surface area contributed by atoms with Gasteiger partial charge >= 0.3 is 0 Å². The van der Waals surface area contributed by atoms with E-state index in [2.05, 4.69) is 28.0 Å². The van der Waals surface area contributed by atoms with Crippen molar-refractivity contribution in [2.45, 2.75) is 32.8 Å². The summed E-state index contributed by atoms with van der Waals surface area (Å²) in [5.41, 5.74) is 2.41. The summed E-state index contributed by atoms with van der Waals surface area (Å²) in [4.78, 5) is 17.8. The van der Waals surface area contributed by atoms with E-state index in [-0.39, 0.29) is 5.56 Å². The first-order valence-corrected chi connectivity index (χ1v) is 11.9. The Morgan fingerprint density at radius 3 is 2.58 bits per heavy atom. The molecule has 0 bridgehead atoms. The number of halogens is 2. The number of aryl methyl sites for hydroxylation is 1. The minimum absolute atomic E-state index is 0.174. The quantitative estimate of drug-likeness (QED) is 0.244. The van der Waals surface area contributed by atoms with Crippen molar-refractivity contribution in [3.63, 3.8) is 0 Å². The number of ether oxygens (including phenoxy) is 1. The van der Waals surface area contributed by atoms with Gasteiger partial charge < -0.3 is 4.74 Å². The number of benzene rings is 3. The number of hydrogen-bond acceptors (Lipinski definition) is 4. The van der Waals surface area contributed by atoms with E-state index in [1.807, 2.05) is 60.7 Å². The van der Waals surface area contributed by atoms with Crippen LogP contribution in [0.2, 0.25) is 5.02 Å². The minimum Gasteiger partial charge on any atom is -0.489 e. The molecule has 0 aliphatic carbocycles. The van der Waals surface area contributed by atoms with Crippen molar-refractivity contribution in [2.75, 3.05) is 0 Å². The van der Waals surface area contributed by atoms with E-state index in [9.17, 15) is 4.79 Å². The monoisotopic (exact) mass is 523 g/mol. The Bertz CT molecular complexity index is 1330. The highest BCUT2D eigenvalue weighted by molar-refractivity contribution is 9.10. The molecule has 0 saturated carbocycles. The highest BCUT2D eigenvalue weighted by Gasteiger charge is 2.11. The van der Waals surface area contributed by atoms with Crippen molar-refractivity contribution in [1.29, 1.82) is 0 Å². The minimum atomic E-state index is -0.174. The summed E-state index contributed by atoms with van der Waals surface area (Å²) < 4.78 is 8.08. The van der Waals surface area contributed by atoms with Gasteiger partial charge in [0.2, 0.25) is 0 Å². The lowest BCUT2D eigenvalue weighted by molar-refractivity contribution is 0.306. The Labute approximate surface area is 205 Å². The normalized spacial score (nSPS) is 11.4. The van der Waals surface area contributed by atoms with Gasteiger partial charge in [-0.1, -0.05) is 53.0 Å². The van der Waals surface area contributed by atoms with Crippen molar-refractivity contribution >= 4 is 44.6 Å². The molecule has 0 spiro atoms. The molecule has 0 radical (unpaired) electrons. The molecule has 7 heteroatoms. The third-order valence-corrected chi connectivity index (χ3v) is 5.90. The Kier molecular flexibility index (Phi) is 7.57. The molecular formula is C26H23BrClN3O2. The fourth-order valence-electron chi connectivity index (χ4n) is 3.33. The van der Waals surface area contributed by atoms with Crippen LogP contribution >= 0.6 is 27.5 Å². The zero-order chi connectivity index (χ0) is 23.2. The van der Waals surface area contributed by atoms with E-state index in [4.69, 9.17) is 21.3 Å². The van der Waals surface area contributed by atoms with Gasteiger partial charge in [0.15, 0.2) is 0 Å². The summed E-state index contributed by atoms with van der Waals surface area (Å²) in [6.07, 6.45) is 4.30. The van der Waals surface area contributed by atoms with Crippen LogP contribution in [0.3, 0.4) is 0 Å². The van der Waals surface area contributed by atoms with Crippen molar-refractivity contribution in [3.8, 4) is 5.75 Å². The molecule has 0 amide bonds. The van der Waals surface area contributed by atoms with Gasteiger partial charge in [-0.25, -0.2) is 4.98 Å². The summed E-state index contributed by atoms with van der Waals surface area (Å²) in [5, 5.41) is 5.73. The molecule has 1 aromatic heterocycles. The number of hydrogen-bond donors (Lipinski definition) is 0. The molecule has 1 heterocycles. The smallest absolute Gasteiger partial charge is 0.282 e. The van der Waals surface area contributed by atoms with Crippen LogP contribution in [0, 0.1) is 0 Å². The van der Waals surface area contributed by atoms with E-state index in [1.165, 1.54) is 4.68 Å². The standard InChI is InChI=1S/C26H23BrClN3O2/c1-2-3-4-25-30-24-14-9-20(27)15-23(24)26(32)31(25)29-16-18-7-12-22(13-8-18)33-17-19-5-10-21(28)11-6-19/h5-16H,2-4,17H2,1H3. The molecule has 3 aromatic carbocycles. The Hall–Kier alpha value is -2.96. The lowest BCUT2D eigenvalue weighted by Crippen LogP contribution is -2.22. The van der Waals surface area contributed by atoms with Gasteiger partial charge in [0, 0.05) is 15.9 Å². The lowest BCUT2D eigenvalue weighted by atomic mass is 10.2. The van der Waals surface area contributed by atoms with Gasteiger partial charge in [0.25, 0.3) is 5.56 Å². The Balaban J connectivity index is 1.55. The van der Waals surface area contributed by atoms with Crippen LogP contribution in [0.15, 0.2) is 81.1 Å². The molecule has 0 unspecified atom stereocenters. The molecule has 0 aliphatic rings. The molecule has 0 saturated heterocycles. The van der Waals surface area contributed by atoms with Crippen LogP contribution in [-0.4, -0.2) is 15.9 Å². The summed E-state index contributed by atoms with van der Waals surface area (Å²) in [6.45, 7) is 2.57. The van der Waals surface area contributed by atoms with Gasteiger partial charge in [-0.15, -0.1) is 0 Å². The van der Waals surface area contributed by atoms with Gasteiger partial charge in [-0.3, -0.25) is 4.79 Å². The van der Waals surface area contributed by atoms with E-state index < -0.39 is 0 Å². The second-order valence-corrected chi connectivity index (χ2v) is 8.99. The maximum Gasteiger partial charge on any atom is 0.282 e. The average molecular weight is 525 g/mol. The summed E-state index contributed by atoms with van der Waals surface area (Å²) >= 11 is 9.35. The van der Waals surface area contributed by atoms with Crippen LogP contribution in [0.4, 0.5) is 0 Å². The van der Waals surface area contributed by atoms with E-state index >= 15 is 0 Å². The molecule has 33 heavy (non-hydrogen) atoms. The van der Waals surface area contributed by atoms with Crippen LogP contribution in [0.5, 0.6) is 5.75 Å². The SMILES string of the molecule is CCCCc1nc2ccc(Br)cc2c(=O)n1N=Cc1ccc(OCc2ccc(Cl)cc2)cc1. The number of aromatic nitrogens is 2. The maximum absolute atomic E-state index is 13.1. The predicted molar refractivity (Wildman–Crippen MR) is 138 cm³/mol. The second kappa shape index (κ2) is 10.8. The first-order chi connectivity index (χ1) is 16.0. The van der Waals surface area contributed by atoms with Gasteiger partial charge in [-0.2, -0.15) is 9.78 Å². The lowest BCUT2D eigenvalue weighted by Gasteiger charge is -2.09. The van der Waals surface area contributed by atoms with Crippen LogP contribution in [0.25, 0.3) is 10.9 Å². The van der Waals surface area contributed by atoms with Gasteiger partial charge in [-0.05, 0) is 72.1 Å². The molecule has 0 N–H and O–H groups in total. The molecule has 5 nitrogen and oxygen atoms in total. The number of unbranched alkanes of at least 4 members (excludes halogenated alkanes) is 1. The largest absolute Gasteiger partial charge is 0.489 e. The zero-order valence-corrected chi connectivity index (χ0v) is 20.5. The van der Waals surface area contributed by atoms with Crippen molar-refractivity contribution in [2.24, 2.45) is 5.10 Å². The fourth-order valence-corrected chi connectivity index (χ4v) is 3.82. The van der Waals surface area contributed by atoms with Crippen molar-refractivity contribution in [1.82, 2.24) is 9.66 Å². The third-order valence-electron chi connectivity index (χ3n) is 5.15. The Morgan fingerprint density at radius 2 is 1.85 bits per heavy atom. The van der Waals surface area contributed by atoms with E-state index in [0.717, 1.165) is 34.2 Å². The Morgan fingerprint density at radius 1 is 1.09 bits per heavy atom. The summed E-state index contributed by atoms with van der Waals surface area (Å²) in [7, 11) is 0. The fraction of sp³-hybridized carbons (Fsp3) is 0.192. The molecule has 4 rings (SSSR count). The number of nitrogens with zero attached hydrogens (tertiary/aromatic N) is 3. The first kappa shape index (κ1) is 23.2. The molecule has 0 atom stereocenters. The van der Waals surface area contributed by atoms with Crippen LogP contribution < -0.4 is 10.3 Å². The van der Waals surface area contributed by atoms with Crippen molar-refractivity contribution < 1.29 is 4.74 Å². The summed E-state index contributed by atoms with van der Waals surface area (Å²) in [5.74, 6) is 1.41. The molecular weight excluding hydrogens is 502 g/mol. The topological polar surface area (TPSA) is 56.5 Å². The number of rotatable bonds is 8. The number of fused-ring (bicyclic) bond motifs is 1. The molecule has 0 aliphatic heterocycles. The van der Waals surface area contributed by atoms with Crippen molar-refractivity contribution in [3.05, 3.63) is 104 Å². The maximum atomic E-state index is 13.1. The first-order valence-electron chi connectivity index (χ1n) is 10.8. The predicted octanol–water partition coefficient (Wildman–Crippen LogP) is 6.62. The molecule has 4 aromatic rings. The average Bonchev–Trinajstić information content (AvgIpc) is 2.83. The molecule has 168 valence electrons. The second-order valence-electron chi connectivity index (χ2n) is 7.64. The van der Waals surface area contributed by atoms with Crippen LogP contribution in [0.1, 0.15) is 36.7 Å². The van der Waals surface area contributed by atoms with Gasteiger partial charge in [0.1, 0.15) is 18.2 Å². The molecule has 0 fully saturated rings. The summed E-state index contributed by atoms with van der Waals surface area (Å²) in [6, 6.07) is 20.7.